The number of ether oxygens (including phenoxy) is 1. The Bertz CT molecular complexity index is 544. The molecule has 3 nitrogen and oxygen atoms in total. The van der Waals surface area contributed by atoms with E-state index in [1.54, 1.807) is 12.1 Å². The van der Waals surface area contributed by atoms with Crippen LogP contribution in [-0.4, -0.2) is 5.78 Å². The maximum absolute atomic E-state index is 11.5. The third kappa shape index (κ3) is 3.58. The van der Waals surface area contributed by atoms with Crippen LogP contribution in [0.25, 0.3) is 0 Å². The van der Waals surface area contributed by atoms with Crippen molar-refractivity contribution < 1.29 is 9.53 Å². The van der Waals surface area contributed by atoms with Gasteiger partial charge in [0.25, 0.3) is 0 Å². The summed E-state index contributed by atoms with van der Waals surface area (Å²) in [6.07, 6.45) is 0.519. The molecule has 0 fully saturated rings. The molecule has 0 saturated heterocycles. The van der Waals surface area contributed by atoms with Crippen LogP contribution < -0.4 is 10.5 Å². The molecule has 0 saturated carbocycles. The van der Waals surface area contributed by atoms with Crippen LogP contribution in [0.1, 0.15) is 29.3 Å². The van der Waals surface area contributed by atoms with Crippen LogP contribution in [0.2, 0.25) is 0 Å². The van der Waals surface area contributed by atoms with E-state index >= 15 is 0 Å². The second kappa shape index (κ2) is 6.05. The van der Waals surface area contributed by atoms with Gasteiger partial charge < -0.3 is 10.5 Å². The summed E-state index contributed by atoms with van der Waals surface area (Å²) in [5, 5.41) is 0. The number of nitrogen functional groups attached to an aromatic ring is 1. The van der Waals surface area contributed by atoms with Crippen LogP contribution in [0.4, 0.5) is 5.69 Å². The first kappa shape index (κ1) is 13.1. The van der Waals surface area contributed by atoms with Gasteiger partial charge in [-0.15, -0.1) is 0 Å². The summed E-state index contributed by atoms with van der Waals surface area (Å²) in [6, 6.07) is 14.8. The maximum atomic E-state index is 11.5. The number of benzene rings is 2. The van der Waals surface area contributed by atoms with Gasteiger partial charge in [0.15, 0.2) is 5.78 Å². The van der Waals surface area contributed by atoms with E-state index in [1.165, 1.54) is 0 Å². The normalized spacial score (nSPS) is 10.2. The molecule has 0 bridgehead atoms. The molecule has 0 amide bonds. The second-order valence-corrected chi connectivity index (χ2v) is 4.33. The lowest BCUT2D eigenvalue weighted by molar-refractivity contribution is 0.0988. The van der Waals surface area contributed by atoms with Crippen molar-refractivity contribution in [2.45, 2.75) is 20.0 Å². The number of hydrogen-bond donors (Lipinski definition) is 1. The highest BCUT2D eigenvalue weighted by atomic mass is 16.5. The first-order chi connectivity index (χ1) is 9.19. The largest absolute Gasteiger partial charge is 0.489 e. The fourth-order valence-corrected chi connectivity index (χ4v) is 1.72. The zero-order valence-corrected chi connectivity index (χ0v) is 10.9. The van der Waals surface area contributed by atoms with Gasteiger partial charge in [-0.05, 0) is 42.0 Å². The molecule has 2 N–H and O–H groups in total. The summed E-state index contributed by atoms with van der Waals surface area (Å²) in [5.74, 6) is 0.898. The number of nitrogens with two attached hydrogens (primary N) is 1. The third-order valence-corrected chi connectivity index (χ3v) is 2.88. The van der Waals surface area contributed by atoms with Crippen LogP contribution in [0.15, 0.2) is 48.5 Å². The monoisotopic (exact) mass is 255 g/mol. The van der Waals surface area contributed by atoms with E-state index in [-0.39, 0.29) is 5.78 Å². The molecule has 0 aliphatic heterocycles. The Balaban J connectivity index is 1.96. The average molecular weight is 255 g/mol. The smallest absolute Gasteiger partial charge is 0.162 e. The molecule has 0 heterocycles. The van der Waals surface area contributed by atoms with Crippen molar-refractivity contribution in [3.05, 3.63) is 59.7 Å². The van der Waals surface area contributed by atoms with Gasteiger partial charge >= 0.3 is 0 Å². The molecule has 0 spiro atoms. The van der Waals surface area contributed by atoms with Crippen LogP contribution in [0.5, 0.6) is 5.75 Å². The van der Waals surface area contributed by atoms with E-state index in [2.05, 4.69) is 0 Å². The number of ketones is 1. The van der Waals surface area contributed by atoms with Crippen LogP contribution in [0.3, 0.4) is 0 Å². The van der Waals surface area contributed by atoms with E-state index < -0.39 is 0 Å². The van der Waals surface area contributed by atoms with Gasteiger partial charge in [-0.25, -0.2) is 0 Å². The molecule has 19 heavy (non-hydrogen) atoms. The number of carbonyl (C=O) groups is 1. The first-order valence-corrected chi connectivity index (χ1v) is 6.29. The molecule has 0 aromatic heterocycles. The molecule has 2 rings (SSSR count). The predicted molar refractivity (Wildman–Crippen MR) is 76.2 cm³/mol. The number of Topliss-reactive ketones (excluding diaryl/α,β-unsaturated/α-hetero) is 1. The van der Waals surface area contributed by atoms with Gasteiger partial charge in [0, 0.05) is 17.7 Å². The van der Waals surface area contributed by atoms with Crippen molar-refractivity contribution >= 4 is 11.5 Å². The van der Waals surface area contributed by atoms with E-state index in [1.807, 2.05) is 43.3 Å². The van der Waals surface area contributed by atoms with E-state index in [9.17, 15) is 4.79 Å². The third-order valence-electron chi connectivity index (χ3n) is 2.88. The highest BCUT2D eigenvalue weighted by Crippen LogP contribution is 2.15. The second-order valence-electron chi connectivity index (χ2n) is 4.33. The first-order valence-electron chi connectivity index (χ1n) is 6.29. The lowest BCUT2D eigenvalue weighted by Gasteiger charge is -2.07. The van der Waals surface area contributed by atoms with E-state index in [0.717, 1.165) is 22.6 Å². The molecule has 0 atom stereocenters. The number of rotatable bonds is 5. The minimum absolute atomic E-state index is 0.144. The predicted octanol–water partition coefficient (Wildman–Crippen LogP) is 3.44. The minimum atomic E-state index is 0.144. The Morgan fingerprint density at radius 2 is 1.68 bits per heavy atom. The van der Waals surface area contributed by atoms with Crippen molar-refractivity contribution in [1.29, 1.82) is 0 Å². The molecule has 0 unspecified atom stereocenters. The zero-order chi connectivity index (χ0) is 13.7. The molecule has 0 aliphatic rings. The lowest BCUT2D eigenvalue weighted by atomic mass is 10.1. The Labute approximate surface area is 113 Å². The molecular weight excluding hydrogens is 238 g/mol. The fourth-order valence-electron chi connectivity index (χ4n) is 1.72. The molecule has 2 aromatic rings. The summed E-state index contributed by atoms with van der Waals surface area (Å²) >= 11 is 0. The van der Waals surface area contributed by atoms with Crippen molar-refractivity contribution in [3.8, 4) is 5.75 Å². The molecule has 3 heteroatoms. The topological polar surface area (TPSA) is 52.3 Å². The van der Waals surface area contributed by atoms with Crippen molar-refractivity contribution in [1.82, 2.24) is 0 Å². The summed E-state index contributed by atoms with van der Waals surface area (Å²) < 4.78 is 5.65. The van der Waals surface area contributed by atoms with Gasteiger partial charge in [-0.1, -0.05) is 19.1 Å². The van der Waals surface area contributed by atoms with Crippen LogP contribution in [-0.2, 0) is 6.61 Å². The summed E-state index contributed by atoms with van der Waals surface area (Å²) in [6.45, 7) is 2.34. The average Bonchev–Trinajstić information content (AvgIpc) is 2.46. The van der Waals surface area contributed by atoms with Crippen LogP contribution in [0, 0.1) is 0 Å². The fraction of sp³-hybridized carbons (Fsp3) is 0.188. The lowest BCUT2D eigenvalue weighted by Crippen LogP contribution is -1.98. The van der Waals surface area contributed by atoms with Gasteiger partial charge in [-0.3, -0.25) is 4.79 Å². The maximum Gasteiger partial charge on any atom is 0.162 e. The SMILES string of the molecule is CCC(=O)c1ccc(OCc2ccc(N)cc2)cc1. The number of anilines is 1. The van der Waals surface area contributed by atoms with Crippen molar-refractivity contribution in [3.63, 3.8) is 0 Å². The van der Waals surface area contributed by atoms with Gasteiger partial charge in [0.05, 0.1) is 0 Å². The van der Waals surface area contributed by atoms with E-state index in [4.69, 9.17) is 10.5 Å². The minimum Gasteiger partial charge on any atom is -0.489 e. The Hall–Kier alpha value is -2.29. The highest BCUT2D eigenvalue weighted by Gasteiger charge is 2.03. The summed E-state index contributed by atoms with van der Waals surface area (Å²) in [4.78, 5) is 11.5. The quantitative estimate of drug-likeness (QED) is 0.657. The van der Waals surface area contributed by atoms with Crippen molar-refractivity contribution in [2.24, 2.45) is 0 Å². The van der Waals surface area contributed by atoms with Crippen LogP contribution >= 0.6 is 0 Å². The number of carbonyl (C=O) groups excluding carboxylic acids is 1. The summed E-state index contributed by atoms with van der Waals surface area (Å²) in [5.41, 5.74) is 8.14. The Morgan fingerprint density at radius 3 is 2.26 bits per heavy atom. The molecule has 98 valence electrons. The molecule has 2 aromatic carbocycles. The standard InChI is InChI=1S/C16H17NO2/c1-2-16(18)13-5-9-15(10-6-13)19-11-12-3-7-14(17)8-4-12/h3-10H,2,11,17H2,1H3. The molecule has 0 radical (unpaired) electrons. The number of hydrogen-bond acceptors (Lipinski definition) is 3. The summed E-state index contributed by atoms with van der Waals surface area (Å²) in [7, 11) is 0. The Morgan fingerprint density at radius 1 is 1.05 bits per heavy atom. The Kier molecular flexibility index (Phi) is 4.18. The zero-order valence-electron chi connectivity index (χ0n) is 10.9. The van der Waals surface area contributed by atoms with Crippen molar-refractivity contribution in [2.75, 3.05) is 5.73 Å². The van der Waals surface area contributed by atoms with Gasteiger partial charge in [0.2, 0.25) is 0 Å². The van der Waals surface area contributed by atoms with Gasteiger partial charge in [-0.2, -0.15) is 0 Å². The van der Waals surface area contributed by atoms with E-state index in [0.29, 0.717) is 13.0 Å². The molecular formula is C16H17NO2. The molecule has 0 aliphatic carbocycles. The van der Waals surface area contributed by atoms with Gasteiger partial charge in [0.1, 0.15) is 12.4 Å². The highest BCUT2D eigenvalue weighted by molar-refractivity contribution is 5.95.